The van der Waals surface area contributed by atoms with Gasteiger partial charge in [-0.1, -0.05) is 48.9 Å². The van der Waals surface area contributed by atoms with Crippen LogP contribution in [0.4, 0.5) is 5.69 Å². The third-order valence-corrected chi connectivity index (χ3v) is 3.88. The molecule has 126 valence electrons. The molecule has 0 heterocycles. The minimum Gasteiger partial charge on any atom is -0.452 e. The fourth-order valence-electron chi connectivity index (χ4n) is 2.10. The van der Waals surface area contributed by atoms with Gasteiger partial charge in [0.15, 0.2) is 6.61 Å². The van der Waals surface area contributed by atoms with Gasteiger partial charge in [-0.25, -0.2) is 4.79 Å². The van der Waals surface area contributed by atoms with E-state index >= 15 is 0 Å². The molecule has 3 N–H and O–H groups in total. The predicted octanol–water partition coefficient (Wildman–Crippen LogP) is 3.00. The lowest BCUT2D eigenvalue weighted by Crippen LogP contribution is -2.31. The van der Waals surface area contributed by atoms with E-state index in [1.165, 1.54) is 18.2 Å². The fraction of sp³-hybridized carbons (Fsp3) is 0.222. The number of carbonyl (C=O) groups is 2. The van der Waals surface area contributed by atoms with Crippen LogP contribution in [0, 0.1) is 0 Å². The number of hydrogen-bond acceptors (Lipinski definition) is 4. The van der Waals surface area contributed by atoms with Crippen LogP contribution in [0.15, 0.2) is 48.5 Å². The highest BCUT2D eigenvalue weighted by Crippen LogP contribution is 2.19. The average Bonchev–Trinajstić information content (AvgIpc) is 2.60. The van der Waals surface area contributed by atoms with Crippen molar-refractivity contribution in [1.82, 2.24) is 5.32 Å². The maximum absolute atomic E-state index is 11.9. The Bertz CT molecular complexity index is 719. The molecule has 0 fully saturated rings. The summed E-state index contributed by atoms with van der Waals surface area (Å²) in [5.74, 6) is -0.806. The molecule has 0 aliphatic carbocycles. The second-order valence-corrected chi connectivity index (χ2v) is 5.84. The van der Waals surface area contributed by atoms with Crippen LogP contribution in [0.1, 0.15) is 28.8 Å². The van der Waals surface area contributed by atoms with Gasteiger partial charge in [0.05, 0.1) is 16.3 Å². The van der Waals surface area contributed by atoms with Gasteiger partial charge in [0.2, 0.25) is 0 Å². The number of anilines is 1. The van der Waals surface area contributed by atoms with Crippen LogP contribution >= 0.6 is 11.6 Å². The van der Waals surface area contributed by atoms with Crippen LogP contribution in [-0.4, -0.2) is 25.0 Å². The Labute approximate surface area is 145 Å². The molecular weight excluding hydrogens is 328 g/mol. The van der Waals surface area contributed by atoms with Crippen molar-refractivity contribution in [2.24, 2.45) is 0 Å². The van der Waals surface area contributed by atoms with Gasteiger partial charge in [-0.2, -0.15) is 0 Å². The molecule has 6 heteroatoms. The van der Waals surface area contributed by atoms with Gasteiger partial charge in [0, 0.05) is 6.54 Å². The van der Waals surface area contributed by atoms with Crippen LogP contribution in [0.25, 0.3) is 0 Å². The van der Waals surface area contributed by atoms with E-state index in [0.717, 1.165) is 5.56 Å². The number of carbonyl (C=O) groups excluding carboxylic acids is 2. The van der Waals surface area contributed by atoms with Crippen molar-refractivity contribution in [1.29, 1.82) is 0 Å². The molecule has 0 radical (unpaired) electrons. The third-order valence-electron chi connectivity index (χ3n) is 3.54. The molecule has 0 spiro atoms. The smallest absolute Gasteiger partial charge is 0.338 e. The van der Waals surface area contributed by atoms with Gasteiger partial charge < -0.3 is 15.8 Å². The molecule has 0 bridgehead atoms. The Morgan fingerprint density at radius 3 is 2.58 bits per heavy atom. The van der Waals surface area contributed by atoms with E-state index in [4.69, 9.17) is 22.1 Å². The fourth-order valence-corrected chi connectivity index (χ4v) is 2.22. The summed E-state index contributed by atoms with van der Waals surface area (Å²) >= 11 is 5.79. The van der Waals surface area contributed by atoms with Gasteiger partial charge >= 0.3 is 5.97 Å². The highest BCUT2D eigenvalue weighted by Gasteiger charge is 2.12. The SMILES string of the molecule is CC(CNC(=O)COC(=O)c1ccc(Cl)c(N)c1)c1ccccc1. The van der Waals surface area contributed by atoms with Crippen LogP contribution in [0.3, 0.4) is 0 Å². The summed E-state index contributed by atoms with van der Waals surface area (Å²) in [4.78, 5) is 23.7. The van der Waals surface area contributed by atoms with E-state index < -0.39 is 5.97 Å². The lowest BCUT2D eigenvalue weighted by Gasteiger charge is -2.13. The third kappa shape index (κ3) is 4.99. The summed E-state index contributed by atoms with van der Waals surface area (Å²) in [5, 5.41) is 3.11. The number of esters is 1. The molecule has 1 unspecified atom stereocenters. The standard InChI is InChI=1S/C18H19ClN2O3/c1-12(13-5-3-2-4-6-13)10-21-17(22)11-24-18(23)14-7-8-15(19)16(20)9-14/h2-9,12H,10-11,20H2,1H3,(H,21,22). The zero-order valence-corrected chi connectivity index (χ0v) is 14.0. The molecule has 1 amide bonds. The molecule has 5 nitrogen and oxygen atoms in total. The summed E-state index contributed by atoms with van der Waals surface area (Å²) in [6, 6.07) is 14.3. The first-order valence-corrected chi connectivity index (χ1v) is 7.89. The quantitative estimate of drug-likeness (QED) is 0.622. The zero-order chi connectivity index (χ0) is 17.5. The topological polar surface area (TPSA) is 81.4 Å². The summed E-state index contributed by atoms with van der Waals surface area (Å²) < 4.78 is 4.97. The Morgan fingerprint density at radius 1 is 1.21 bits per heavy atom. The largest absolute Gasteiger partial charge is 0.452 e. The van der Waals surface area contributed by atoms with E-state index in [9.17, 15) is 9.59 Å². The highest BCUT2D eigenvalue weighted by molar-refractivity contribution is 6.33. The number of benzene rings is 2. The monoisotopic (exact) mass is 346 g/mol. The van der Waals surface area contributed by atoms with E-state index in [-0.39, 0.29) is 29.7 Å². The summed E-state index contributed by atoms with van der Waals surface area (Å²) in [6.45, 7) is 2.13. The number of nitrogen functional groups attached to an aromatic ring is 1. The molecular formula is C18H19ClN2O3. The summed E-state index contributed by atoms with van der Waals surface area (Å²) in [5.41, 5.74) is 7.30. The van der Waals surface area contributed by atoms with Crippen molar-refractivity contribution in [2.45, 2.75) is 12.8 Å². The molecule has 2 aromatic carbocycles. The van der Waals surface area contributed by atoms with Crippen LogP contribution in [0.2, 0.25) is 5.02 Å². The van der Waals surface area contributed by atoms with Crippen molar-refractivity contribution in [3.05, 3.63) is 64.7 Å². The number of nitrogens with two attached hydrogens (primary N) is 1. The van der Waals surface area contributed by atoms with Crippen molar-refractivity contribution >= 4 is 29.2 Å². The maximum atomic E-state index is 11.9. The molecule has 0 saturated carbocycles. The van der Waals surface area contributed by atoms with Crippen molar-refractivity contribution < 1.29 is 14.3 Å². The van der Waals surface area contributed by atoms with E-state index in [2.05, 4.69) is 5.32 Å². The Hall–Kier alpha value is -2.53. The predicted molar refractivity (Wildman–Crippen MR) is 94.0 cm³/mol. The van der Waals surface area contributed by atoms with Gasteiger partial charge in [-0.05, 0) is 29.7 Å². The Balaban J connectivity index is 1.78. The van der Waals surface area contributed by atoms with E-state index in [0.29, 0.717) is 11.6 Å². The first kappa shape index (κ1) is 17.8. The number of hydrogen-bond donors (Lipinski definition) is 2. The number of nitrogens with one attached hydrogen (secondary N) is 1. The number of halogens is 1. The molecule has 2 rings (SSSR count). The molecule has 2 aromatic rings. The van der Waals surface area contributed by atoms with Gasteiger partial charge in [-0.3, -0.25) is 4.79 Å². The van der Waals surface area contributed by atoms with Crippen molar-refractivity contribution in [3.63, 3.8) is 0 Å². The number of amides is 1. The second kappa shape index (κ2) is 8.36. The minimum atomic E-state index is -0.621. The van der Waals surface area contributed by atoms with E-state index in [1.54, 1.807) is 0 Å². The lowest BCUT2D eigenvalue weighted by atomic mass is 10.0. The molecule has 1 atom stereocenters. The first-order valence-electron chi connectivity index (χ1n) is 7.51. The van der Waals surface area contributed by atoms with Crippen LogP contribution in [-0.2, 0) is 9.53 Å². The normalized spacial score (nSPS) is 11.6. The van der Waals surface area contributed by atoms with E-state index in [1.807, 2.05) is 37.3 Å². The Morgan fingerprint density at radius 2 is 1.92 bits per heavy atom. The average molecular weight is 347 g/mol. The van der Waals surface area contributed by atoms with Crippen molar-refractivity contribution in [2.75, 3.05) is 18.9 Å². The summed E-state index contributed by atoms with van der Waals surface area (Å²) in [6.07, 6.45) is 0. The first-order chi connectivity index (χ1) is 11.5. The number of ether oxygens (including phenoxy) is 1. The highest BCUT2D eigenvalue weighted by atomic mass is 35.5. The molecule has 0 aliphatic rings. The maximum Gasteiger partial charge on any atom is 0.338 e. The lowest BCUT2D eigenvalue weighted by molar-refractivity contribution is -0.124. The Kier molecular flexibility index (Phi) is 6.21. The molecule has 0 aromatic heterocycles. The van der Waals surface area contributed by atoms with Crippen LogP contribution < -0.4 is 11.1 Å². The zero-order valence-electron chi connectivity index (χ0n) is 13.3. The minimum absolute atomic E-state index is 0.168. The molecule has 24 heavy (non-hydrogen) atoms. The summed E-state index contributed by atoms with van der Waals surface area (Å²) in [7, 11) is 0. The molecule has 0 aliphatic heterocycles. The second-order valence-electron chi connectivity index (χ2n) is 5.43. The van der Waals surface area contributed by atoms with Crippen LogP contribution in [0.5, 0.6) is 0 Å². The van der Waals surface area contributed by atoms with Gasteiger partial charge in [0.1, 0.15) is 0 Å². The number of rotatable bonds is 6. The van der Waals surface area contributed by atoms with Gasteiger partial charge in [-0.15, -0.1) is 0 Å². The van der Waals surface area contributed by atoms with Gasteiger partial charge in [0.25, 0.3) is 5.91 Å². The van der Waals surface area contributed by atoms with Crippen molar-refractivity contribution in [3.8, 4) is 0 Å². The molecule has 0 saturated heterocycles.